The highest BCUT2D eigenvalue weighted by molar-refractivity contribution is 5.73. The van der Waals surface area contributed by atoms with Crippen LogP contribution < -0.4 is 5.73 Å². The van der Waals surface area contributed by atoms with E-state index < -0.39 is 30.6 Å². The van der Waals surface area contributed by atoms with Gasteiger partial charge in [0.05, 0.1) is 12.6 Å². The predicted octanol–water partition coefficient (Wildman–Crippen LogP) is 0.629. The molecule has 5 nitrogen and oxygen atoms in total. The van der Waals surface area contributed by atoms with Gasteiger partial charge < -0.3 is 15.9 Å². The molecule has 4 N–H and O–H groups in total. The molecule has 15 heavy (non-hydrogen) atoms. The van der Waals surface area contributed by atoms with Crippen LogP contribution in [0.15, 0.2) is 0 Å². The molecule has 1 unspecified atom stereocenters. The minimum Gasteiger partial charge on any atom is -0.481 e. The minimum absolute atomic E-state index is 0.0958. The molecule has 0 amide bonds. The van der Waals surface area contributed by atoms with Crippen LogP contribution >= 0.6 is 0 Å². The van der Waals surface area contributed by atoms with Crippen LogP contribution in [0.1, 0.15) is 25.7 Å². The Kier molecular flexibility index (Phi) is 6.61. The third kappa shape index (κ3) is 6.01. The van der Waals surface area contributed by atoms with Gasteiger partial charge in [0.1, 0.15) is 6.04 Å². The number of halogens is 1. The van der Waals surface area contributed by atoms with Crippen LogP contribution in [0.3, 0.4) is 0 Å². The smallest absolute Gasteiger partial charge is 0.320 e. The first kappa shape index (κ1) is 13.8. The number of carboxylic acid groups (broad SMARTS) is 2. The van der Waals surface area contributed by atoms with Crippen LogP contribution in [0.25, 0.3) is 0 Å². The molecule has 2 atom stereocenters. The summed E-state index contributed by atoms with van der Waals surface area (Å²) in [6.07, 6.45) is 0.666. The van der Waals surface area contributed by atoms with Gasteiger partial charge in [0.2, 0.25) is 0 Å². The van der Waals surface area contributed by atoms with E-state index in [0.717, 1.165) is 0 Å². The number of hydrogen-bond acceptors (Lipinski definition) is 3. The number of rotatable bonds is 8. The summed E-state index contributed by atoms with van der Waals surface area (Å²) >= 11 is 0. The van der Waals surface area contributed by atoms with Gasteiger partial charge in [-0.3, -0.25) is 14.0 Å². The summed E-state index contributed by atoms with van der Waals surface area (Å²) in [5, 5.41) is 17.2. The van der Waals surface area contributed by atoms with Crippen LogP contribution in [0.5, 0.6) is 0 Å². The lowest BCUT2D eigenvalue weighted by Crippen LogP contribution is -2.31. The number of aliphatic carboxylic acids is 2. The van der Waals surface area contributed by atoms with Crippen LogP contribution in [-0.2, 0) is 9.59 Å². The number of alkyl halides is 1. The van der Waals surface area contributed by atoms with Crippen LogP contribution in [0.2, 0.25) is 0 Å². The summed E-state index contributed by atoms with van der Waals surface area (Å²) in [6, 6.07) is -1.04. The van der Waals surface area contributed by atoms with Gasteiger partial charge in [0.15, 0.2) is 0 Å². The Labute approximate surface area is 87.1 Å². The van der Waals surface area contributed by atoms with E-state index in [4.69, 9.17) is 15.9 Å². The minimum atomic E-state index is -1.15. The second-order valence-corrected chi connectivity index (χ2v) is 3.39. The lowest BCUT2D eigenvalue weighted by molar-refractivity contribution is -0.143. The van der Waals surface area contributed by atoms with Gasteiger partial charge in [-0.15, -0.1) is 0 Å². The molecule has 0 aromatic rings. The summed E-state index contributed by atoms with van der Waals surface area (Å²) in [4.78, 5) is 21.0. The molecular formula is C9H16FNO4. The van der Waals surface area contributed by atoms with Crippen LogP contribution in [0.4, 0.5) is 4.39 Å². The van der Waals surface area contributed by atoms with Crippen molar-refractivity contribution in [2.45, 2.75) is 31.7 Å². The quantitative estimate of drug-likeness (QED) is 0.557. The third-order valence-electron chi connectivity index (χ3n) is 2.18. The largest absolute Gasteiger partial charge is 0.481 e. The van der Waals surface area contributed by atoms with Crippen molar-refractivity contribution < 1.29 is 24.2 Å². The highest BCUT2D eigenvalue weighted by Gasteiger charge is 2.20. The maximum atomic E-state index is 11.8. The molecule has 0 aromatic heterocycles. The van der Waals surface area contributed by atoms with E-state index in [0.29, 0.717) is 0 Å². The molecule has 0 aliphatic heterocycles. The van der Waals surface area contributed by atoms with E-state index in [1.54, 1.807) is 0 Å². The van der Waals surface area contributed by atoms with Gasteiger partial charge in [-0.2, -0.15) is 0 Å². The Morgan fingerprint density at radius 3 is 2.13 bits per heavy atom. The van der Waals surface area contributed by atoms with Gasteiger partial charge in [0.25, 0.3) is 0 Å². The molecule has 88 valence electrons. The zero-order valence-corrected chi connectivity index (χ0v) is 8.36. The predicted molar refractivity (Wildman–Crippen MR) is 51.2 cm³/mol. The number of carbonyl (C=O) groups is 2. The van der Waals surface area contributed by atoms with Gasteiger partial charge in [-0.1, -0.05) is 0 Å². The molecule has 0 fully saturated rings. The molecule has 0 rings (SSSR count). The summed E-state index contributed by atoms with van der Waals surface area (Å²) < 4.78 is 11.8. The molecule has 0 saturated carbocycles. The van der Waals surface area contributed by atoms with Crippen molar-refractivity contribution in [1.29, 1.82) is 0 Å². The van der Waals surface area contributed by atoms with Crippen LogP contribution in [-0.4, -0.2) is 34.9 Å². The Morgan fingerprint density at radius 1 is 1.13 bits per heavy atom. The van der Waals surface area contributed by atoms with E-state index in [9.17, 15) is 14.0 Å². The van der Waals surface area contributed by atoms with Gasteiger partial charge in [-0.05, 0) is 25.7 Å². The molecule has 0 spiro atoms. The first-order valence-electron chi connectivity index (χ1n) is 4.76. The summed E-state index contributed by atoms with van der Waals surface area (Å²) in [7, 11) is 0. The Morgan fingerprint density at radius 2 is 1.73 bits per heavy atom. The Balaban J connectivity index is 3.95. The summed E-state index contributed by atoms with van der Waals surface area (Å²) in [5.41, 5.74) is 5.23. The highest BCUT2D eigenvalue weighted by atomic mass is 18.2. The maximum absolute atomic E-state index is 11.8. The van der Waals surface area contributed by atoms with Gasteiger partial charge >= 0.3 is 11.9 Å². The zero-order valence-electron chi connectivity index (χ0n) is 8.36. The van der Waals surface area contributed by atoms with Crippen molar-refractivity contribution >= 4 is 11.9 Å². The average Bonchev–Trinajstić information content (AvgIpc) is 2.16. The molecule has 0 radical (unpaired) electrons. The molecule has 0 aromatic carbocycles. The standard InChI is InChI=1S/C9H16FNO4/c10-5-1-2-6(8(12)13)3-4-7(11)9(14)15/h6-7H,1-5,11H2,(H,12,13)(H,14,15)/t6?,7-/m0/s1/i10-1. The number of carboxylic acids is 2. The van der Waals surface area contributed by atoms with E-state index in [-0.39, 0.29) is 25.7 Å². The fraction of sp³-hybridized carbons (Fsp3) is 0.778. The second-order valence-electron chi connectivity index (χ2n) is 3.39. The normalized spacial score (nSPS) is 14.5. The summed E-state index contributed by atoms with van der Waals surface area (Å²) in [5.74, 6) is -2.88. The Bertz CT molecular complexity index is 222. The summed E-state index contributed by atoms with van der Waals surface area (Å²) in [6.45, 7) is -0.561. The van der Waals surface area contributed by atoms with Gasteiger partial charge in [0, 0.05) is 0 Å². The third-order valence-corrected chi connectivity index (χ3v) is 2.18. The van der Waals surface area contributed by atoms with Gasteiger partial charge in [-0.25, -0.2) is 0 Å². The Hall–Kier alpha value is -1.17. The van der Waals surface area contributed by atoms with Crippen molar-refractivity contribution in [2.24, 2.45) is 11.7 Å². The van der Waals surface area contributed by atoms with E-state index in [2.05, 4.69) is 0 Å². The monoisotopic (exact) mass is 220 g/mol. The second kappa shape index (κ2) is 7.17. The van der Waals surface area contributed by atoms with E-state index in [1.807, 2.05) is 0 Å². The van der Waals surface area contributed by atoms with Crippen molar-refractivity contribution in [3.8, 4) is 0 Å². The first-order valence-corrected chi connectivity index (χ1v) is 4.76. The van der Waals surface area contributed by atoms with E-state index >= 15 is 0 Å². The number of nitrogens with two attached hydrogens (primary N) is 1. The average molecular weight is 220 g/mol. The fourth-order valence-electron chi connectivity index (χ4n) is 1.22. The molecule has 0 bridgehead atoms. The van der Waals surface area contributed by atoms with Crippen molar-refractivity contribution in [2.75, 3.05) is 6.67 Å². The molecule has 6 heteroatoms. The van der Waals surface area contributed by atoms with Crippen LogP contribution in [0, 0.1) is 5.92 Å². The molecule has 0 aliphatic rings. The molecular weight excluding hydrogens is 204 g/mol. The van der Waals surface area contributed by atoms with Crippen molar-refractivity contribution in [1.82, 2.24) is 0 Å². The number of hydrogen-bond donors (Lipinski definition) is 3. The van der Waals surface area contributed by atoms with Crippen molar-refractivity contribution in [3.63, 3.8) is 0 Å². The molecule has 0 aliphatic carbocycles. The SMILES string of the molecule is N[C@@H](CCC(CCC[18F])C(=O)O)C(=O)O. The topological polar surface area (TPSA) is 101 Å². The lowest BCUT2D eigenvalue weighted by Gasteiger charge is -2.12. The first-order chi connectivity index (χ1) is 6.99. The fourth-order valence-corrected chi connectivity index (χ4v) is 1.22. The zero-order chi connectivity index (χ0) is 11.8. The maximum Gasteiger partial charge on any atom is 0.320 e. The molecule has 0 heterocycles. The highest BCUT2D eigenvalue weighted by Crippen LogP contribution is 2.15. The molecule has 0 saturated heterocycles. The lowest BCUT2D eigenvalue weighted by atomic mass is 9.96. The van der Waals surface area contributed by atoms with Crippen molar-refractivity contribution in [3.05, 3.63) is 0 Å². The van der Waals surface area contributed by atoms with E-state index in [1.165, 1.54) is 0 Å².